The third-order valence-corrected chi connectivity index (χ3v) is 4.22. The average molecular weight is 255 g/mol. The molecule has 1 aliphatic heterocycles. The molecule has 4 nitrogen and oxygen atoms in total. The number of anilines is 1. The van der Waals surface area contributed by atoms with E-state index >= 15 is 0 Å². The van der Waals surface area contributed by atoms with Crippen molar-refractivity contribution >= 4 is 16.5 Å². The fourth-order valence-corrected chi connectivity index (χ4v) is 2.77. The molecule has 96 valence electrons. The average Bonchev–Trinajstić information content (AvgIpc) is 2.85. The summed E-state index contributed by atoms with van der Waals surface area (Å²) in [5.74, 6) is 0. The fourth-order valence-electron chi connectivity index (χ4n) is 1.87. The van der Waals surface area contributed by atoms with Crippen LogP contribution in [-0.4, -0.2) is 29.0 Å². The van der Waals surface area contributed by atoms with Crippen molar-refractivity contribution in [3.05, 3.63) is 5.01 Å². The molecule has 2 atom stereocenters. The van der Waals surface area contributed by atoms with E-state index in [1.54, 1.807) is 11.3 Å². The third kappa shape index (κ3) is 3.16. The van der Waals surface area contributed by atoms with Crippen molar-refractivity contribution in [3.63, 3.8) is 0 Å². The maximum absolute atomic E-state index is 5.65. The molecule has 0 bridgehead atoms. The van der Waals surface area contributed by atoms with E-state index in [4.69, 9.17) is 4.74 Å². The second kappa shape index (κ2) is 4.90. The van der Waals surface area contributed by atoms with Gasteiger partial charge in [-0.25, -0.2) is 0 Å². The van der Waals surface area contributed by atoms with Crippen LogP contribution in [0.15, 0.2) is 0 Å². The highest BCUT2D eigenvalue weighted by Gasteiger charge is 2.24. The first-order valence-electron chi connectivity index (χ1n) is 6.19. The van der Waals surface area contributed by atoms with Crippen molar-refractivity contribution < 1.29 is 4.74 Å². The topological polar surface area (TPSA) is 47.0 Å². The number of hydrogen-bond acceptors (Lipinski definition) is 5. The van der Waals surface area contributed by atoms with E-state index in [9.17, 15) is 0 Å². The summed E-state index contributed by atoms with van der Waals surface area (Å²) in [6, 6.07) is 0.304. The molecule has 0 unspecified atom stereocenters. The van der Waals surface area contributed by atoms with Crippen LogP contribution < -0.4 is 5.32 Å². The Morgan fingerprint density at radius 3 is 2.71 bits per heavy atom. The van der Waals surface area contributed by atoms with Crippen LogP contribution in [0.3, 0.4) is 0 Å². The SMILES string of the molecule is C[C@H](Nc1nnc(C(C)(C)C)s1)[C@@H]1CCCO1. The molecule has 1 saturated heterocycles. The zero-order valence-electron chi connectivity index (χ0n) is 11.0. The Hall–Kier alpha value is -0.680. The van der Waals surface area contributed by atoms with Crippen LogP contribution in [0.4, 0.5) is 5.13 Å². The summed E-state index contributed by atoms with van der Waals surface area (Å²) in [7, 11) is 0. The van der Waals surface area contributed by atoms with Crippen molar-refractivity contribution in [3.8, 4) is 0 Å². The zero-order valence-corrected chi connectivity index (χ0v) is 11.8. The summed E-state index contributed by atoms with van der Waals surface area (Å²) in [5.41, 5.74) is 0.0741. The van der Waals surface area contributed by atoms with Gasteiger partial charge in [-0.3, -0.25) is 0 Å². The Labute approximate surface area is 107 Å². The molecule has 0 amide bonds. The van der Waals surface area contributed by atoms with Gasteiger partial charge in [0.05, 0.1) is 12.1 Å². The van der Waals surface area contributed by atoms with Crippen LogP contribution in [0, 0.1) is 0 Å². The predicted octanol–water partition coefficient (Wildman–Crippen LogP) is 2.82. The van der Waals surface area contributed by atoms with E-state index in [0.717, 1.165) is 23.2 Å². The number of rotatable bonds is 3. The number of nitrogens with zero attached hydrogens (tertiary/aromatic N) is 2. The van der Waals surface area contributed by atoms with E-state index in [-0.39, 0.29) is 5.41 Å². The first-order valence-corrected chi connectivity index (χ1v) is 7.00. The minimum atomic E-state index is 0.0741. The standard InChI is InChI=1S/C12H21N3OS/c1-8(9-6-5-7-16-9)13-11-15-14-10(17-11)12(2,3)4/h8-9H,5-7H2,1-4H3,(H,13,15)/t8-,9-/m0/s1. The number of hydrogen-bond donors (Lipinski definition) is 1. The summed E-state index contributed by atoms with van der Waals surface area (Å²) >= 11 is 1.64. The molecule has 0 spiro atoms. The van der Waals surface area contributed by atoms with Crippen molar-refractivity contribution in [2.75, 3.05) is 11.9 Å². The van der Waals surface area contributed by atoms with E-state index in [1.165, 1.54) is 6.42 Å². The van der Waals surface area contributed by atoms with Crippen molar-refractivity contribution in [2.24, 2.45) is 0 Å². The first kappa shape index (κ1) is 12.8. The fraction of sp³-hybridized carbons (Fsp3) is 0.833. The van der Waals surface area contributed by atoms with Gasteiger partial charge in [0.2, 0.25) is 5.13 Å². The zero-order chi connectivity index (χ0) is 12.5. The number of ether oxygens (including phenoxy) is 1. The quantitative estimate of drug-likeness (QED) is 0.902. The lowest BCUT2D eigenvalue weighted by Gasteiger charge is -2.19. The first-order chi connectivity index (χ1) is 7.97. The van der Waals surface area contributed by atoms with Gasteiger partial charge in [0, 0.05) is 12.0 Å². The third-order valence-electron chi connectivity index (χ3n) is 2.94. The highest BCUT2D eigenvalue weighted by Crippen LogP contribution is 2.28. The molecule has 2 heterocycles. The van der Waals surface area contributed by atoms with Gasteiger partial charge in [-0.15, -0.1) is 10.2 Å². The van der Waals surface area contributed by atoms with Crippen molar-refractivity contribution in [1.29, 1.82) is 0 Å². The van der Waals surface area contributed by atoms with Gasteiger partial charge in [0.15, 0.2) is 0 Å². The predicted molar refractivity (Wildman–Crippen MR) is 70.7 cm³/mol. The Morgan fingerprint density at radius 1 is 1.41 bits per heavy atom. The maximum Gasteiger partial charge on any atom is 0.205 e. The molecule has 0 radical (unpaired) electrons. The van der Waals surface area contributed by atoms with Crippen molar-refractivity contribution in [1.82, 2.24) is 10.2 Å². The van der Waals surface area contributed by atoms with Gasteiger partial charge in [-0.1, -0.05) is 32.1 Å². The molecule has 0 aromatic carbocycles. The minimum Gasteiger partial charge on any atom is -0.376 e. The van der Waals surface area contributed by atoms with Crippen LogP contribution in [0.2, 0.25) is 0 Å². The summed E-state index contributed by atoms with van der Waals surface area (Å²) in [5, 5.41) is 13.8. The van der Waals surface area contributed by atoms with Crippen LogP contribution in [0.5, 0.6) is 0 Å². The molecule has 5 heteroatoms. The molecule has 2 rings (SSSR count). The summed E-state index contributed by atoms with van der Waals surface area (Å²) < 4.78 is 5.65. The van der Waals surface area contributed by atoms with E-state index in [0.29, 0.717) is 12.1 Å². The summed E-state index contributed by atoms with van der Waals surface area (Å²) in [6.07, 6.45) is 2.62. The maximum atomic E-state index is 5.65. The van der Waals surface area contributed by atoms with Crippen LogP contribution in [0.25, 0.3) is 0 Å². The molecular formula is C12H21N3OS. The minimum absolute atomic E-state index is 0.0741. The lowest BCUT2D eigenvalue weighted by Crippen LogP contribution is -2.29. The second-order valence-corrected chi connectivity index (χ2v) is 6.62. The van der Waals surface area contributed by atoms with Gasteiger partial charge in [-0.05, 0) is 19.8 Å². The number of aromatic nitrogens is 2. The molecule has 0 saturated carbocycles. The van der Waals surface area contributed by atoms with Crippen LogP contribution in [-0.2, 0) is 10.2 Å². The Balaban J connectivity index is 1.96. The van der Waals surface area contributed by atoms with Gasteiger partial charge in [0.25, 0.3) is 0 Å². The largest absolute Gasteiger partial charge is 0.376 e. The smallest absolute Gasteiger partial charge is 0.205 e. The van der Waals surface area contributed by atoms with E-state index < -0.39 is 0 Å². The lowest BCUT2D eigenvalue weighted by molar-refractivity contribution is 0.0996. The van der Waals surface area contributed by atoms with Gasteiger partial charge >= 0.3 is 0 Å². The summed E-state index contributed by atoms with van der Waals surface area (Å²) in [4.78, 5) is 0. The highest BCUT2D eigenvalue weighted by molar-refractivity contribution is 7.15. The molecule has 1 aromatic rings. The molecule has 1 aliphatic rings. The monoisotopic (exact) mass is 255 g/mol. The van der Waals surface area contributed by atoms with Crippen LogP contribution >= 0.6 is 11.3 Å². The number of nitrogens with one attached hydrogen (secondary N) is 1. The Morgan fingerprint density at radius 2 is 2.18 bits per heavy atom. The molecule has 17 heavy (non-hydrogen) atoms. The highest BCUT2D eigenvalue weighted by atomic mass is 32.1. The van der Waals surface area contributed by atoms with E-state index in [2.05, 4.69) is 43.2 Å². The molecule has 1 N–H and O–H groups in total. The van der Waals surface area contributed by atoms with E-state index in [1.807, 2.05) is 0 Å². The molecule has 0 aliphatic carbocycles. The van der Waals surface area contributed by atoms with Gasteiger partial charge < -0.3 is 10.1 Å². The Kier molecular flexibility index (Phi) is 3.68. The van der Waals surface area contributed by atoms with Crippen molar-refractivity contribution in [2.45, 2.75) is 58.1 Å². The second-order valence-electron chi connectivity index (χ2n) is 5.65. The van der Waals surface area contributed by atoms with Crippen LogP contribution in [0.1, 0.15) is 45.5 Å². The molecular weight excluding hydrogens is 234 g/mol. The molecule has 1 fully saturated rings. The summed E-state index contributed by atoms with van der Waals surface area (Å²) in [6.45, 7) is 9.50. The van der Waals surface area contributed by atoms with Gasteiger partial charge in [0.1, 0.15) is 5.01 Å². The van der Waals surface area contributed by atoms with Gasteiger partial charge in [-0.2, -0.15) is 0 Å². The molecule has 1 aromatic heterocycles. The normalized spacial score (nSPS) is 22.7. The lowest BCUT2D eigenvalue weighted by atomic mass is 9.98. The Bertz CT molecular complexity index is 366.